The fourth-order valence-electron chi connectivity index (χ4n) is 0.584. The van der Waals surface area contributed by atoms with Gasteiger partial charge in [0.25, 0.3) is 0 Å². The second-order valence-electron chi connectivity index (χ2n) is 2.20. The summed E-state index contributed by atoms with van der Waals surface area (Å²) < 4.78 is 0. The monoisotopic (exact) mass is 173 g/mol. The first-order chi connectivity index (χ1) is 5.54. The Labute approximate surface area is 69.3 Å². The zero-order chi connectivity index (χ0) is 9.56. The average molecular weight is 173 g/mol. The van der Waals surface area contributed by atoms with E-state index in [2.05, 4.69) is 4.99 Å². The Bertz CT molecular complexity index is 208. The van der Waals surface area contributed by atoms with Crippen LogP contribution in [0.15, 0.2) is 0 Å². The number of carbonyl (C=O) groups excluding carboxylic acids is 2. The van der Waals surface area contributed by atoms with Crippen molar-refractivity contribution >= 4 is 17.7 Å². The summed E-state index contributed by atoms with van der Waals surface area (Å²) in [7, 11) is 0. The van der Waals surface area contributed by atoms with Crippen molar-refractivity contribution in [2.75, 3.05) is 6.54 Å². The summed E-state index contributed by atoms with van der Waals surface area (Å²) in [6.07, 6.45) is 0.299. The number of nitrogens with one attached hydrogen (secondary N) is 1. The Morgan fingerprint density at radius 3 is 2.33 bits per heavy atom. The van der Waals surface area contributed by atoms with Crippen molar-refractivity contribution in [2.24, 2.45) is 11.5 Å². The molecule has 6 heteroatoms. The number of hydrogen-bond acceptors (Lipinski definition) is 3. The molecule has 6 nitrogen and oxygen atoms in total. The maximum absolute atomic E-state index is 10.4. The predicted molar refractivity (Wildman–Crippen MR) is 38.5 cm³/mol. The smallest absolute Gasteiger partial charge is 0.338 e. The van der Waals surface area contributed by atoms with Crippen LogP contribution in [0.5, 0.6) is 0 Å². The van der Waals surface area contributed by atoms with Gasteiger partial charge >= 0.3 is 5.96 Å². The number of guanidine groups is 1. The van der Waals surface area contributed by atoms with Gasteiger partial charge in [-0.3, -0.25) is 21.3 Å². The lowest BCUT2D eigenvalue weighted by molar-refractivity contribution is -0.459. The normalized spacial score (nSPS) is 9.00. The number of rotatable bonds is 5. The van der Waals surface area contributed by atoms with Gasteiger partial charge < -0.3 is 9.90 Å². The first kappa shape index (κ1) is 10.4. The highest BCUT2D eigenvalue weighted by atomic mass is 16.4. The van der Waals surface area contributed by atoms with Crippen molar-refractivity contribution in [1.29, 1.82) is 0 Å². The summed E-state index contributed by atoms with van der Waals surface area (Å²) >= 11 is 0. The highest BCUT2D eigenvalue weighted by Crippen LogP contribution is 1.85. The summed E-state index contributed by atoms with van der Waals surface area (Å²) in [5, 5.41) is 9.89. The Balaban J connectivity index is 3.51. The molecule has 0 aromatic rings. The molecule has 0 bridgehead atoms. The third-order valence-corrected chi connectivity index (χ3v) is 1.14. The van der Waals surface area contributed by atoms with Crippen LogP contribution in [-0.4, -0.2) is 24.3 Å². The van der Waals surface area contributed by atoms with Crippen molar-refractivity contribution in [3.63, 3.8) is 0 Å². The van der Waals surface area contributed by atoms with Gasteiger partial charge in [-0.05, 0) is 6.42 Å². The molecule has 68 valence electrons. The van der Waals surface area contributed by atoms with E-state index in [1.807, 2.05) is 0 Å². The van der Waals surface area contributed by atoms with E-state index in [4.69, 9.17) is 11.5 Å². The molecule has 0 unspecified atom stereocenters. The average Bonchev–Trinajstić information content (AvgIpc) is 1.97. The van der Waals surface area contributed by atoms with Crippen LogP contribution in [0.2, 0.25) is 0 Å². The number of ketones is 1. The van der Waals surface area contributed by atoms with Crippen LogP contribution in [-0.2, 0) is 9.59 Å². The lowest BCUT2D eigenvalue weighted by Gasteiger charge is -1.97. The van der Waals surface area contributed by atoms with Gasteiger partial charge in [-0.1, -0.05) is 0 Å². The highest BCUT2D eigenvalue weighted by molar-refractivity contribution is 6.31. The van der Waals surface area contributed by atoms with E-state index in [1.54, 1.807) is 0 Å². The zero-order valence-electron chi connectivity index (χ0n) is 6.50. The Kier molecular flexibility index (Phi) is 4.43. The maximum atomic E-state index is 10.4. The van der Waals surface area contributed by atoms with Gasteiger partial charge in [0.15, 0.2) is 5.78 Å². The molecular formula is C6H11N3O3. The largest absolute Gasteiger partial charge is 0.542 e. The summed E-state index contributed by atoms with van der Waals surface area (Å²) in [5.41, 5.74) is 10.1. The zero-order valence-corrected chi connectivity index (χ0v) is 6.50. The van der Waals surface area contributed by atoms with Crippen LogP contribution >= 0.6 is 0 Å². The molecule has 0 aliphatic carbocycles. The van der Waals surface area contributed by atoms with Gasteiger partial charge in [0.2, 0.25) is 0 Å². The predicted octanol–water partition coefficient (Wildman–Crippen LogP) is -4.56. The van der Waals surface area contributed by atoms with Gasteiger partial charge in [0, 0.05) is 6.42 Å². The maximum Gasteiger partial charge on any atom is 0.338 e. The summed E-state index contributed by atoms with van der Waals surface area (Å²) in [4.78, 5) is 22.9. The summed E-state index contributed by atoms with van der Waals surface area (Å²) in [5.74, 6) is -2.51. The van der Waals surface area contributed by atoms with E-state index in [0.29, 0.717) is 13.0 Å². The van der Waals surface area contributed by atoms with E-state index in [-0.39, 0.29) is 12.4 Å². The van der Waals surface area contributed by atoms with Gasteiger partial charge in [-0.2, -0.15) is 0 Å². The third kappa shape index (κ3) is 5.21. The molecule has 12 heavy (non-hydrogen) atoms. The lowest BCUT2D eigenvalue weighted by Crippen LogP contribution is -2.78. The van der Waals surface area contributed by atoms with E-state index >= 15 is 0 Å². The molecule has 0 spiro atoms. The van der Waals surface area contributed by atoms with Crippen molar-refractivity contribution in [1.82, 2.24) is 0 Å². The summed E-state index contributed by atoms with van der Waals surface area (Å²) in [6.45, 7) is 0.376. The molecule has 0 amide bonds. The molecule has 0 aromatic heterocycles. The van der Waals surface area contributed by atoms with Crippen molar-refractivity contribution in [3.05, 3.63) is 0 Å². The molecule has 0 radical (unpaired) electrons. The number of aliphatic carboxylic acids is 1. The number of Topliss-reactive ketones (excluding diaryl/α,β-unsaturated/α-hetero) is 1. The van der Waals surface area contributed by atoms with Crippen molar-refractivity contribution in [3.8, 4) is 0 Å². The topological polar surface area (TPSA) is 123 Å². The minimum atomic E-state index is -1.65. The van der Waals surface area contributed by atoms with Gasteiger partial charge in [0.1, 0.15) is 5.97 Å². The standard InChI is InChI=1S/C6H11N3O3/c7-6(8)9-3-1-2-4(10)5(11)12/h1-3H2,(H,11,12)(H4,7,8,9). The lowest BCUT2D eigenvalue weighted by atomic mass is 10.2. The fraction of sp³-hybridized carbons (Fsp3) is 0.500. The Hall–Kier alpha value is -1.59. The molecule has 0 atom stereocenters. The SMILES string of the molecule is NC(N)=[NH+]CCCC(=O)C(=O)[O-]. The van der Waals surface area contributed by atoms with Crippen LogP contribution in [0.1, 0.15) is 12.8 Å². The van der Waals surface area contributed by atoms with E-state index in [9.17, 15) is 14.7 Å². The minimum absolute atomic E-state index is 0.0518. The quantitative estimate of drug-likeness (QED) is 0.167. The van der Waals surface area contributed by atoms with Gasteiger partial charge in [-0.15, -0.1) is 0 Å². The molecule has 0 saturated carbocycles. The third-order valence-electron chi connectivity index (χ3n) is 1.14. The first-order valence-electron chi connectivity index (χ1n) is 3.40. The molecular weight excluding hydrogens is 162 g/mol. The van der Waals surface area contributed by atoms with Crippen molar-refractivity contribution < 1.29 is 19.7 Å². The van der Waals surface area contributed by atoms with Crippen LogP contribution in [0, 0.1) is 0 Å². The van der Waals surface area contributed by atoms with E-state index < -0.39 is 11.8 Å². The van der Waals surface area contributed by atoms with Gasteiger partial charge in [-0.25, -0.2) is 0 Å². The Morgan fingerprint density at radius 2 is 1.92 bits per heavy atom. The molecule has 0 aliphatic rings. The molecule has 0 saturated heterocycles. The first-order valence-corrected chi connectivity index (χ1v) is 3.40. The highest BCUT2D eigenvalue weighted by Gasteiger charge is 2.01. The van der Waals surface area contributed by atoms with Crippen LogP contribution in [0.25, 0.3) is 0 Å². The molecule has 0 aromatic carbocycles. The van der Waals surface area contributed by atoms with E-state index in [1.165, 1.54) is 0 Å². The van der Waals surface area contributed by atoms with Crippen LogP contribution < -0.4 is 21.6 Å². The number of carboxylic acids is 1. The number of nitrogens with two attached hydrogens (primary N) is 2. The second-order valence-corrected chi connectivity index (χ2v) is 2.20. The molecule has 0 rings (SSSR count). The van der Waals surface area contributed by atoms with Crippen LogP contribution in [0.4, 0.5) is 0 Å². The molecule has 5 N–H and O–H groups in total. The molecule has 0 aliphatic heterocycles. The number of carbonyl (C=O) groups is 2. The van der Waals surface area contributed by atoms with Crippen LogP contribution in [0.3, 0.4) is 0 Å². The molecule has 0 heterocycles. The second kappa shape index (κ2) is 5.11. The van der Waals surface area contributed by atoms with Crippen molar-refractivity contribution in [2.45, 2.75) is 12.8 Å². The molecule has 0 fully saturated rings. The summed E-state index contributed by atoms with van der Waals surface area (Å²) in [6, 6.07) is 0. The van der Waals surface area contributed by atoms with Gasteiger partial charge in [0.05, 0.1) is 6.54 Å². The van der Waals surface area contributed by atoms with E-state index in [0.717, 1.165) is 0 Å². The fourth-order valence-corrected chi connectivity index (χ4v) is 0.584. The minimum Gasteiger partial charge on any atom is -0.542 e. The number of carboxylic acid groups (broad SMARTS) is 1. The Morgan fingerprint density at radius 1 is 1.33 bits per heavy atom. The number of hydrogen-bond donors (Lipinski definition) is 3.